The molecule has 1 amide bonds. The van der Waals surface area contributed by atoms with Crippen LogP contribution in [0, 0.1) is 6.92 Å². The summed E-state index contributed by atoms with van der Waals surface area (Å²) in [5.74, 6) is 1.11. The fourth-order valence-electron chi connectivity index (χ4n) is 1.97. The van der Waals surface area contributed by atoms with E-state index in [9.17, 15) is 4.79 Å². The average molecular weight is 223 g/mol. The van der Waals surface area contributed by atoms with Crippen LogP contribution in [0.5, 0.6) is 0 Å². The molecule has 0 aliphatic carbocycles. The second-order valence-electron chi connectivity index (χ2n) is 4.21. The van der Waals surface area contributed by atoms with Gasteiger partial charge in [0.05, 0.1) is 0 Å². The summed E-state index contributed by atoms with van der Waals surface area (Å²) in [6.07, 6.45) is 4.90. The summed E-state index contributed by atoms with van der Waals surface area (Å²) < 4.78 is 4.95. The molecule has 1 saturated heterocycles. The molecule has 0 aromatic carbocycles. The molecule has 1 aliphatic heterocycles. The minimum atomic E-state index is 0.102. The van der Waals surface area contributed by atoms with Gasteiger partial charge in [-0.1, -0.05) is 18.0 Å². The first-order valence-corrected chi connectivity index (χ1v) is 5.82. The van der Waals surface area contributed by atoms with E-state index in [2.05, 4.69) is 10.1 Å². The Bertz CT molecular complexity index is 354. The Kier molecular flexibility index (Phi) is 3.54. The smallest absolute Gasteiger partial charge is 0.236 e. The highest BCUT2D eigenvalue weighted by Crippen LogP contribution is 2.11. The lowest BCUT2D eigenvalue weighted by molar-refractivity contribution is -0.130. The van der Waals surface area contributed by atoms with Crippen LogP contribution in [0.25, 0.3) is 0 Å². The summed E-state index contributed by atoms with van der Waals surface area (Å²) in [5.41, 5.74) is 0. The van der Waals surface area contributed by atoms with E-state index in [0.717, 1.165) is 25.9 Å². The van der Waals surface area contributed by atoms with E-state index >= 15 is 0 Å². The zero-order valence-electron chi connectivity index (χ0n) is 9.61. The predicted octanol–water partition coefficient (Wildman–Crippen LogP) is 1.32. The van der Waals surface area contributed by atoms with E-state index in [1.54, 1.807) is 6.92 Å². The van der Waals surface area contributed by atoms with E-state index in [1.807, 2.05) is 4.90 Å². The van der Waals surface area contributed by atoms with Crippen molar-refractivity contribution in [3.63, 3.8) is 0 Å². The third-order valence-corrected chi connectivity index (χ3v) is 2.83. The molecule has 0 unspecified atom stereocenters. The molecule has 0 saturated carbocycles. The lowest BCUT2D eigenvalue weighted by atomic mass is 10.2. The summed E-state index contributed by atoms with van der Waals surface area (Å²) in [6.45, 7) is 3.49. The highest BCUT2D eigenvalue weighted by Gasteiger charge is 2.18. The minimum absolute atomic E-state index is 0.102. The maximum absolute atomic E-state index is 11.9. The van der Waals surface area contributed by atoms with Crippen LogP contribution in [-0.4, -0.2) is 34.0 Å². The number of carbonyl (C=O) groups excluding carboxylic acids is 1. The normalized spacial score (nSPS) is 17.2. The molecule has 1 fully saturated rings. The summed E-state index contributed by atoms with van der Waals surface area (Å²) >= 11 is 0. The van der Waals surface area contributed by atoms with E-state index in [0.29, 0.717) is 11.7 Å². The van der Waals surface area contributed by atoms with Gasteiger partial charge >= 0.3 is 0 Å². The molecule has 0 radical (unpaired) electrons. The van der Waals surface area contributed by atoms with E-state index in [-0.39, 0.29) is 12.3 Å². The SMILES string of the molecule is Cc1noc(CC(=O)N2CCCCCC2)n1. The second-order valence-corrected chi connectivity index (χ2v) is 4.21. The molecule has 0 bridgehead atoms. The van der Waals surface area contributed by atoms with Gasteiger partial charge in [0.25, 0.3) is 0 Å². The van der Waals surface area contributed by atoms with E-state index in [4.69, 9.17) is 4.52 Å². The Morgan fingerprint density at radius 2 is 2.00 bits per heavy atom. The molecule has 1 aromatic heterocycles. The fraction of sp³-hybridized carbons (Fsp3) is 0.727. The molecular formula is C11H17N3O2. The number of carbonyl (C=O) groups is 1. The van der Waals surface area contributed by atoms with Crippen molar-refractivity contribution in [1.29, 1.82) is 0 Å². The van der Waals surface area contributed by atoms with Crippen LogP contribution in [0.2, 0.25) is 0 Å². The van der Waals surface area contributed by atoms with Gasteiger partial charge in [0.15, 0.2) is 5.82 Å². The Hall–Kier alpha value is -1.39. The number of aromatic nitrogens is 2. The zero-order chi connectivity index (χ0) is 11.4. The van der Waals surface area contributed by atoms with E-state index < -0.39 is 0 Å². The number of aryl methyl sites for hydroxylation is 1. The van der Waals surface area contributed by atoms with Gasteiger partial charge in [-0.3, -0.25) is 4.79 Å². The predicted molar refractivity (Wildman–Crippen MR) is 57.8 cm³/mol. The Morgan fingerprint density at radius 1 is 1.31 bits per heavy atom. The van der Waals surface area contributed by atoms with Crippen LogP contribution in [0.3, 0.4) is 0 Å². The standard InChI is InChI=1S/C11H17N3O2/c1-9-12-10(16-13-9)8-11(15)14-6-4-2-3-5-7-14/h2-8H2,1H3. The fourth-order valence-corrected chi connectivity index (χ4v) is 1.97. The summed E-state index contributed by atoms with van der Waals surface area (Å²) in [4.78, 5) is 17.9. The molecule has 88 valence electrons. The van der Waals surface area contributed by atoms with Crippen molar-refractivity contribution in [3.05, 3.63) is 11.7 Å². The number of hydrogen-bond donors (Lipinski definition) is 0. The molecule has 5 heteroatoms. The van der Waals surface area contributed by atoms with Gasteiger partial charge in [-0.15, -0.1) is 0 Å². The molecule has 0 N–H and O–H groups in total. The lowest BCUT2D eigenvalue weighted by Gasteiger charge is -2.19. The number of rotatable bonds is 2. The van der Waals surface area contributed by atoms with Gasteiger partial charge in [-0.25, -0.2) is 0 Å². The number of nitrogens with zero attached hydrogens (tertiary/aromatic N) is 3. The van der Waals surface area contributed by atoms with Crippen LogP contribution in [0.4, 0.5) is 0 Å². The number of amides is 1. The van der Waals surface area contributed by atoms with Gasteiger partial charge in [-0.05, 0) is 19.8 Å². The highest BCUT2D eigenvalue weighted by atomic mass is 16.5. The largest absolute Gasteiger partial charge is 0.342 e. The van der Waals surface area contributed by atoms with Crippen molar-refractivity contribution in [2.75, 3.05) is 13.1 Å². The molecule has 1 aliphatic rings. The quantitative estimate of drug-likeness (QED) is 0.758. The molecule has 16 heavy (non-hydrogen) atoms. The van der Waals surface area contributed by atoms with Gasteiger partial charge < -0.3 is 9.42 Å². The van der Waals surface area contributed by atoms with Crippen molar-refractivity contribution < 1.29 is 9.32 Å². The number of likely N-dealkylation sites (tertiary alicyclic amines) is 1. The average Bonchev–Trinajstić information content (AvgIpc) is 2.56. The van der Waals surface area contributed by atoms with Crippen molar-refractivity contribution in [2.24, 2.45) is 0 Å². The summed E-state index contributed by atoms with van der Waals surface area (Å²) in [7, 11) is 0. The second kappa shape index (κ2) is 5.09. The highest BCUT2D eigenvalue weighted by molar-refractivity contribution is 5.77. The lowest BCUT2D eigenvalue weighted by Crippen LogP contribution is -2.33. The van der Waals surface area contributed by atoms with Gasteiger partial charge in [-0.2, -0.15) is 4.98 Å². The zero-order valence-corrected chi connectivity index (χ0v) is 9.61. The van der Waals surface area contributed by atoms with Crippen LogP contribution in [0.1, 0.15) is 37.4 Å². The first-order chi connectivity index (χ1) is 7.75. The topological polar surface area (TPSA) is 59.2 Å². The molecule has 5 nitrogen and oxygen atoms in total. The summed E-state index contributed by atoms with van der Waals surface area (Å²) in [5, 5.41) is 3.68. The molecule has 1 aromatic rings. The number of hydrogen-bond acceptors (Lipinski definition) is 4. The van der Waals surface area contributed by atoms with Crippen LogP contribution < -0.4 is 0 Å². The Labute approximate surface area is 94.8 Å². The maximum atomic E-state index is 11.9. The third kappa shape index (κ3) is 2.81. The van der Waals surface area contributed by atoms with Crippen molar-refractivity contribution >= 4 is 5.91 Å². The molecule has 0 spiro atoms. The third-order valence-electron chi connectivity index (χ3n) is 2.83. The molecule has 0 atom stereocenters. The van der Waals surface area contributed by atoms with Crippen molar-refractivity contribution in [3.8, 4) is 0 Å². The molecular weight excluding hydrogens is 206 g/mol. The van der Waals surface area contributed by atoms with Crippen molar-refractivity contribution in [2.45, 2.75) is 39.0 Å². The maximum Gasteiger partial charge on any atom is 0.236 e. The van der Waals surface area contributed by atoms with Crippen LogP contribution >= 0.6 is 0 Å². The van der Waals surface area contributed by atoms with Gasteiger partial charge in [0, 0.05) is 13.1 Å². The molecule has 2 rings (SSSR count). The molecule has 2 heterocycles. The first kappa shape index (κ1) is 11.1. The monoisotopic (exact) mass is 223 g/mol. The van der Waals surface area contributed by atoms with Crippen LogP contribution in [-0.2, 0) is 11.2 Å². The van der Waals surface area contributed by atoms with Crippen molar-refractivity contribution in [1.82, 2.24) is 15.0 Å². The van der Waals surface area contributed by atoms with Crippen LogP contribution in [0.15, 0.2) is 4.52 Å². The van der Waals surface area contributed by atoms with E-state index in [1.165, 1.54) is 12.8 Å². The summed E-state index contributed by atoms with van der Waals surface area (Å²) in [6, 6.07) is 0. The minimum Gasteiger partial charge on any atom is -0.342 e. The Morgan fingerprint density at radius 3 is 2.56 bits per heavy atom. The van der Waals surface area contributed by atoms with Gasteiger partial charge in [0.2, 0.25) is 11.8 Å². The first-order valence-electron chi connectivity index (χ1n) is 5.82. The van der Waals surface area contributed by atoms with Gasteiger partial charge in [0.1, 0.15) is 6.42 Å². The Balaban J connectivity index is 1.91.